The maximum atomic E-state index is 11.9. The van der Waals surface area contributed by atoms with Gasteiger partial charge >= 0.3 is 0 Å². The molecule has 25 heavy (non-hydrogen) atoms. The fourth-order valence-electron chi connectivity index (χ4n) is 2.32. The minimum Gasteiger partial charge on any atom is -0.483 e. The first-order valence-corrected chi connectivity index (χ1v) is 9.12. The number of ether oxygens (including phenoxy) is 1. The maximum Gasteiger partial charge on any atom is 0.258 e. The molecule has 0 aromatic heterocycles. The molecule has 1 aromatic carbocycles. The number of halogens is 2. The molecule has 6 heteroatoms. The van der Waals surface area contributed by atoms with Crippen molar-refractivity contribution in [1.29, 1.82) is 0 Å². The number of carbonyl (C=O) groups is 1. The van der Waals surface area contributed by atoms with E-state index in [0.717, 1.165) is 12.1 Å². The van der Waals surface area contributed by atoms with Crippen LogP contribution in [0.15, 0.2) is 18.2 Å². The van der Waals surface area contributed by atoms with E-state index in [1.165, 1.54) is 25.7 Å². The number of amides is 1. The van der Waals surface area contributed by atoms with Gasteiger partial charge in [0.05, 0.1) is 0 Å². The van der Waals surface area contributed by atoms with Gasteiger partial charge in [-0.15, -0.1) is 12.4 Å². The second-order valence-corrected chi connectivity index (χ2v) is 7.51. The number of rotatable bonds is 10. The normalized spacial score (nSPS) is 10.9. The van der Waals surface area contributed by atoms with Crippen LogP contribution in [0.3, 0.4) is 0 Å². The van der Waals surface area contributed by atoms with Crippen molar-refractivity contribution in [1.82, 2.24) is 10.6 Å². The van der Waals surface area contributed by atoms with Gasteiger partial charge in [0.25, 0.3) is 5.91 Å². The summed E-state index contributed by atoms with van der Waals surface area (Å²) in [4.78, 5) is 11.9. The molecule has 0 atom stereocenters. The fourth-order valence-corrected chi connectivity index (χ4v) is 2.52. The van der Waals surface area contributed by atoms with E-state index in [1.54, 1.807) is 6.07 Å². The van der Waals surface area contributed by atoms with Gasteiger partial charge in [0, 0.05) is 22.7 Å². The highest BCUT2D eigenvalue weighted by atomic mass is 35.5. The molecule has 4 nitrogen and oxygen atoms in total. The third-order valence-electron chi connectivity index (χ3n) is 3.42. The minimum absolute atomic E-state index is 0. The summed E-state index contributed by atoms with van der Waals surface area (Å²) in [5.41, 5.74) is 0.713. The molecular weight excluding hydrogens is 359 g/mol. The van der Waals surface area contributed by atoms with Gasteiger partial charge in [-0.05, 0) is 51.9 Å². The van der Waals surface area contributed by atoms with Crippen LogP contribution in [-0.4, -0.2) is 24.6 Å². The molecule has 0 aliphatic carbocycles. The van der Waals surface area contributed by atoms with Crippen molar-refractivity contribution in [3.63, 3.8) is 0 Å². The molecule has 1 aromatic rings. The van der Waals surface area contributed by atoms with Crippen LogP contribution in [0, 0.1) is 0 Å². The van der Waals surface area contributed by atoms with Crippen LogP contribution >= 0.6 is 24.0 Å². The highest BCUT2D eigenvalue weighted by Gasteiger charge is 2.14. The summed E-state index contributed by atoms with van der Waals surface area (Å²) in [6.45, 7) is 9.70. The molecule has 0 aliphatic rings. The number of carbonyl (C=O) groups excluding carboxylic acids is 1. The summed E-state index contributed by atoms with van der Waals surface area (Å²) in [6, 6.07) is 5.49. The van der Waals surface area contributed by atoms with Crippen molar-refractivity contribution < 1.29 is 9.53 Å². The molecule has 1 rings (SSSR count). The molecule has 1 amide bonds. The largest absolute Gasteiger partial charge is 0.483 e. The van der Waals surface area contributed by atoms with Gasteiger partial charge in [-0.2, -0.15) is 0 Å². The first kappa shape index (κ1) is 24.0. The average Bonchev–Trinajstić information content (AvgIpc) is 2.48. The quantitative estimate of drug-likeness (QED) is 0.567. The van der Waals surface area contributed by atoms with Crippen LogP contribution in [0.2, 0.25) is 5.02 Å². The van der Waals surface area contributed by atoms with E-state index in [-0.39, 0.29) is 30.5 Å². The Kier molecular flexibility index (Phi) is 11.9. The molecule has 0 saturated carbocycles. The summed E-state index contributed by atoms with van der Waals surface area (Å²) in [7, 11) is 0. The van der Waals surface area contributed by atoms with Gasteiger partial charge in [-0.25, -0.2) is 0 Å². The Balaban J connectivity index is 0.00000576. The number of nitrogens with one attached hydrogen (secondary N) is 2. The lowest BCUT2D eigenvalue weighted by molar-refractivity contribution is -0.124. The van der Waals surface area contributed by atoms with Crippen molar-refractivity contribution in [2.45, 2.75) is 65.5 Å². The predicted octanol–water partition coefficient (Wildman–Crippen LogP) is 4.73. The Labute approximate surface area is 163 Å². The molecule has 0 radical (unpaired) electrons. The highest BCUT2D eigenvalue weighted by Crippen LogP contribution is 2.23. The molecule has 2 N–H and O–H groups in total. The van der Waals surface area contributed by atoms with Crippen LogP contribution < -0.4 is 15.4 Å². The average molecular weight is 391 g/mol. The van der Waals surface area contributed by atoms with E-state index in [9.17, 15) is 4.79 Å². The second kappa shape index (κ2) is 12.4. The summed E-state index contributed by atoms with van der Waals surface area (Å²) in [5.74, 6) is 0.570. The molecule has 144 valence electrons. The van der Waals surface area contributed by atoms with Gasteiger partial charge in [-0.3, -0.25) is 4.79 Å². The molecule has 0 aliphatic heterocycles. The Morgan fingerprint density at radius 3 is 2.56 bits per heavy atom. The standard InChI is InChI=1S/C19H31ClN2O2.ClH/c1-5-6-7-8-11-21-13-15-12-16(20)9-10-17(15)24-14-18(23)22-19(2,3)4;/h9-10,12,21H,5-8,11,13-14H2,1-4H3,(H,22,23);1H. The van der Waals surface area contributed by atoms with Crippen molar-refractivity contribution in [2.75, 3.05) is 13.2 Å². The lowest BCUT2D eigenvalue weighted by atomic mass is 10.1. The minimum atomic E-state index is -0.261. The lowest BCUT2D eigenvalue weighted by Gasteiger charge is -2.21. The van der Waals surface area contributed by atoms with Gasteiger partial charge in [0.15, 0.2) is 6.61 Å². The molecule has 0 heterocycles. The Morgan fingerprint density at radius 1 is 1.20 bits per heavy atom. The third-order valence-corrected chi connectivity index (χ3v) is 3.65. The maximum absolute atomic E-state index is 11.9. The van der Waals surface area contributed by atoms with Gasteiger partial charge in [0.2, 0.25) is 0 Å². The molecule has 0 saturated heterocycles. The SMILES string of the molecule is CCCCCCNCc1cc(Cl)ccc1OCC(=O)NC(C)(C)C.Cl. The monoisotopic (exact) mass is 390 g/mol. The summed E-state index contributed by atoms with van der Waals surface area (Å²) >= 11 is 6.09. The van der Waals surface area contributed by atoms with Gasteiger partial charge in [0.1, 0.15) is 5.75 Å². The van der Waals surface area contributed by atoms with Crippen LogP contribution in [0.4, 0.5) is 0 Å². The van der Waals surface area contributed by atoms with Gasteiger partial charge < -0.3 is 15.4 Å². The van der Waals surface area contributed by atoms with E-state index in [2.05, 4.69) is 17.6 Å². The molecule has 0 unspecified atom stereocenters. The van der Waals surface area contributed by atoms with Crippen LogP contribution in [0.25, 0.3) is 0 Å². The number of hydrogen-bond donors (Lipinski definition) is 2. The molecular formula is C19H32Cl2N2O2. The zero-order chi connectivity index (χ0) is 18.0. The number of unbranched alkanes of at least 4 members (excludes halogenated alkanes) is 3. The van der Waals surface area contributed by atoms with E-state index in [0.29, 0.717) is 17.3 Å². The van der Waals surface area contributed by atoms with Crippen molar-refractivity contribution in [2.24, 2.45) is 0 Å². The second-order valence-electron chi connectivity index (χ2n) is 7.08. The predicted molar refractivity (Wildman–Crippen MR) is 108 cm³/mol. The molecule has 0 fully saturated rings. The van der Waals surface area contributed by atoms with E-state index < -0.39 is 0 Å². The van der Waals surface area contributed by atoms with Crippen LogP contribution in [-0.2, 0) is 11.3 Å². The summed E-state index contributed by atoms with van der Waals surface area (Å²) in [6.07, 6.45) is 4.92. The Morgan fingerprint density at radius 2 is 1.92 bits per heavy atom. The zero-order valence-corrected chi connectivity index (χ0v) is 17.4. The number of benzene rings is 1. The third kappa shape index (κ3) is 11.3. The zero-order valence-electron chi connectivity index (χ0n) is 15.8. The smallest absolute Gasteiger partial charge is 0.258 e. The molecule has 0 bridgehead atoms. The topological polar surface area (TPSA) is 50.4 Å². The lowest BCUT2D eigenvalue weighted by Crippen LogP contribution is -2.43. The van der Waals surface area contributed by atoms with Crippen molar-refractivity contribution >= 4 is 29.9 Å². The Bertz CT molecular complexity index is 517. The Hall–Kier alpha value is -0.970. The van der Waals surface area contributed by atoms with Gasteiger partial charge in [-0.1, -0.05) is 37.8 Å². The van der Waals surface area contributed by atoms with E-state index in [1.807, 2.05) is 32.9 Å². The summed E-state index contributed by atoms with van der Waals surface area (Å²) in [5, 5.41) is 6.97. The van der Waals surface area contributed by atoms with Crippen molar-refractivity contribution in [3.05, 3.63) is 28.8 Å². The summed E-state index contributed by atoms with van der Waals surface area (Å²) < 4.78 is 5.68. The first-order chi connectivity index (χ1) is 11.3. The van der Waals surface area contributed by atoms with E-state index in [4.69, 9.17) is 16.3 Å². The van der Waals surface area contributed by atoms with E-state index >= 15 is 0 Å². The van der Waals surface area contributed by atoms with Crippen molar-refractivity contribution in [3.8, 4) is 5.75 Å². The molecule has 0 spiro atoms. The first-order valence-electron chi connectivity index (χ1n) is 8.75. The fraction of sp³-hybridized carbons (Fsp3) is 0.632. The number of hydrogen-bond acceptors (Lipinski definition) is 3. The van der Waals surface area contributed by atoms with Crippen LogP contribution in [0.5, 0.6) is 5.75 Å². The highest BCUT2D eigenvalue weighted by molar-refractivity contribution is 6.30. The van der Waals surface area contributed by atoms with Crippen LogP contribution in [0.1, 0.15) is 58.9 Å².